The summed E-state index contributed by atoms with van der Waals surface area (Å²) in [6.45, 7) is 7.07. The van der Waals surface area contributed by atoms with Crippen LogP contribution in [0.1, 0.15) is 11.3 Å². The van der Waals surface area contributed by atoms with Crippen molar-refractivity contribution < 1.29 is 14.2 Å². The van der Waals surface area contributed by atoms with Gasteiger partial charge in [-0.3, -0.25) is 4.98 Å². The van der Waals surface area contributed by atoms with E-state index in [9.17, 15) is 0 Å². The molecule has 4 rings (SSSR count). The molecule has 0 saturated carbocycles. The van der Waals surface area contributed by atoms with Crippen LogP contribution in [0, 0.1) is 25.7 Å². The zero-order chi connectivity index (χ0) is 17.2. The van der Waals surface area contributed by atoms with Gasteiger partial charge < -0.3 is 19.5 Å². The van der Waals surface area contributed by atoms with E-state index in [4.69, 9.17) is 14.2 Å². The van der Waals surface area contributed by atoms with Crippen molar-refractivity contribution in [1.82, 2.24) is 20.3 Å². The molecule has 2 aliphatic rings. The molecule has 25 heavy (non-hydrogen) atoms. The van der Waals surface area contributed by atoms with E-state index in [0.29, 0.717) is 29.3 Å². The fourth-order valence-electron chi connectivity index (χ4n) is 3.39. The topological polar surface area (TPSA) is 78.4 Å². The fourth-order valence-corrected chi connectivity index (χ4v) is 3.39. The molecule has 0 aromatic carbocycles. The maximum atomic E-state index is 6.29. The summed E-state index contributed by atoms with van der Waals surface area (Å²) >= 11 is 0. The Kier molecular flexibility index (Phi) is 4.50. The summed E-state index contributed by atoms with van der Waals surface area (Å²) in [4.78, 5) is 12.8. The predicted molar refractivity (Wildman–Crippen MR) is 90.9 cm³/mol. The van der Waals surface area contributed by atoms with E-state index in [1.54, 1.807) is 6.20 Å². The minimum atomic E-state index is 0.108. The number of nitrogens with zero attached hydrogens (tertiary/aromatic N) is 3. The number of hydrogen-bond donors (Lipinski definition) is 1. The first-order chi connectivity index (χ1) is 12.2. The van der Waals surface area contributed by atoms with E-state index in [-0.39, 0.29) is 6.10 Å². The van der Waals surface area contributed by atoms with Gasteiger partial charge in [-0.1, -0.05) is 0 Å². The molecule has 132 valence electrons. The molecule has 2 aromatic rings. The molecule has 2 fully saturated rings. The number of aryl methyl sites for hydroxylation is 1. The average Bonchev–Trinajstić information content (AvgIpc) is 2.60. The Morgan fingerprint density at radius 3 is 2.60 bits per heavy atom. The van der Waals surface area contributed by atoms with Crippen LogP contribution < -0.4 is 14.8 Å². The van der Waals surface area contributed by atoms with Gasteiger partial charge in [-0.15, -0.1) is 0 Å². The van der Waals surface area contributed by atoms with E-state index in [2.05, 4.69) is 20.3 Å². The van der Waals surface area contributed by atoms with E-state index >= 15 is 0 Å². The third kappa shape index (κ3) is 3.29. The highest BCUT2D eigenvalue weighted by atomic mass is 16.5. The number of nitrogens with one attached hydrogen (secondary N) is 1. The molecule has 2 saturated heterocycles. The van der Waals surface area contributed by atoms with Gasteiger partial charge in [0.15, 0.2) is 5.75 Å². The standard InChI is InChI=1S/C18H22N4O3/c1-11-17(24-15-4-3-5-20-12(15)2)21-10-22-18(11)25-16-13-6-19-7-14(16)9-23-8-13/h3-5,10,13-14,16,19H,6-9H2,1-2H3. The quantitative estimate of drug-likeness (QED) is 0.909. The molecule has 2 atom stereocenters. The number of fused-ring (bicyclic) bond motifs is 2. The molecule has 2 aliphatic heterocycles. The van der Waals surface area contributed by atoms with Crippen molar-refractivity contribution in [2.24, 2.45) is 11.8 Å². The Bertz CT molecular complexity index is 733. The van der Waals surface area contributed by atoms with Crippen LogP contribution in [-0.4, -0.2) is 47.4 Å². The van der Waals surface area contributed by atoms with Crippen LogP contribution in [0.3, 0.4) is 0 Å². The molecule has 2 unspecified atom stereocenters. The molecule has 2 aromatic heterocycles. The minimum Gasteiger partial charge on any atom is -0.473 e. The van der Waals surface area contributed by atoms with Crippen LogP contribution >= 0.6 is 0 Å². The second kappa shape index (κ2) is 6.93. The van der Waals surface area contributed by atoms with E-state index < -0.39 is 0 Å². The zero-order valence-electron chi connectivity index (χ0n) is 14.4. The van der Waals surface area contributed by atoms with Crippen LogP contribution in [-0.2, 0) is 4.74 Å². The van der Waals surface area contributed by atoms with Gasteiger partial charge in [0, 0.05) is 31.1 Å². The lowest BCUT2D eigenvalue weighted by Gasteiger charge is -2.42. The van der Waals surface area contributed by atoms with Crippen LogP contribution in [0.5, 0.6) is 17.5 Å². The molecule has 0 amide bonds. The summed E-state index contributed by atoms with van der Waals surface area (Å²) in [6, 6.07) is 3.71. The summed E-state index contributed by atoms with van der Waals surface area (Å²) in [5.41, 5.74) is 1.61. The van der Waals surface area contributed by atoms with Gasteiger partial charge in [0.2, 0.25) is 11.8 Å². The van der Waals surface area contributed by atoms with E-state index in [1.165, 1.54) is 6.33 Å². The molecule has 2 bridgehead atoms. The van der Waals surface area contributed by atoms with Crippen LogP contribution in [0.2, 0.25) is 0 Å². The SMILES string of the molecule is Cc1ncccc1Oc1ncnc(OC2C3CNCC2COC3)c1C. The number of hydrogen-bond acceptors (Lipinski definition) is 7. The number of piperidine rings is 1. The largest absolute Gasteiger partial charge is 0.473 e. The third-order valence-electron chi connectivity index (χ3n) is 4.81. The van der Waals surface area contributed by atoms with Gasteiger partial charge in [-0.25, -0.2) is 9.97 Å². The molecule has 0 spiro atoms. The third-order valence-corrected chi connectivity index (χ3v) is 4.81. The lowest BCUT2D eigenvalue weighted by atomic mass is 9.86. The molecule has 0 radical (unpaired) electrons. The number of pyridine rings is 1. The van der Waals surface area contributed by atoms with Gasteiger partial charge in [-0.2, -0.15) is 0 Å². The van der Waals surface area contributed by atoms with Gasteiger partial charge in [0.25, 0.3) is 0 Å². The number of aromatic nitrogens is 3. The fraction of sp³-hybridized carbons (Fsp3) is 0.500. The first-order valence-electron chi connectivity index (χ1n) is 8.58. The Hall–Kier alpha value is -2.25. The second-order valence-corrected chi connectivity index (χ2v) is 6.60. The van der Waals surface area contributed by atoms with E-state index in [1.807, 2.05) is 26.0 Å². The number of ether oxygens (including phenoxy) is 3. The van der Waals surface area contributed by atoms with E-state index in [0.717, 1.165) is 37.6 Å². The van der Waals surface area contributed by atoms with Gasteiger partial charge in [0.1, 0.15) is 12.4 Å². The summed E-state index contributed by atoms with van der Waals surface area (Å²) in [5.74, 6) is 2.44. The highest BCUT2D eigenvalue weighted by Gasteiger charge is 2.39. The van der Waals surface area contributed by atoms with Gasteiger partial charge in [0.05, 0.1) is 24.5 Å². The first kappa shape index (κ1) is 16.2. The lowest BCUT2D eigenvalue weighted by molar-refractivity contribution is -0.0837. The lowest BCUT2D eigenvalue weighted by Crippen LogP contribution is -2.56. The maximum absolute atomic E-state index is 6.29. The summed E-state index contributed by atoms with van der Waals surface area (Å²) in [7, 11) is 0. The molecular weight excluding hydrogens is 320 g/mol. The van der Waals surface area contributed by atoms with Crippen molar-refractivity contribution in [2.75, 3.05) is 26.3 Å². The molecule has 7 heteroatoms. The van der Waals surface area contributed by atoms with Crippen molar-refractivity contribution >= 4 is 0 Å². The molecule has 7 nitrogen and oxygen atoms in total. The summed E-state index contributed by atoms with van der Waals surface area (Å²) in [5, 5.41) is 3.44. The summed E-state index contributed by atoms with van der Waals surface area (Å²) < 4.78 is 17.9. The zero-order valence-corrected chi connectivity index (χ0v) is 14.4. The normalized spacial score (nSPS) is 25.4. The average molecular weight is 342 g/mol. The van der Waals surface area contributed by atoms with Crippen molar-refractivity contribution in [2.45, 2.75) is 20.0 Å². The van der Waals surface area contributed by atoms with Gasteiger partial charge in [-0.05, 0) is 26.0 Å². The minimum absolute atomic E-state index is 0.108. The second-order valence-electron chi connectivity index (χ2n) is 6.60. The molecule has 1 N–H and O–H groups in total. The van der Waals surface area contributed by atoms with Crippen LogP contribution in [0.4, 0.5) is 0 Å². The Morgan fingerprint density at radius 1 is 1.08 bits per heavy atom. The summed E-state index contributed by atoms with van der Waals surface area (Å²) in [6.07, 6.45) is 3.33. The van der Waals surface area contributed by atoms with Crippen LogP contribution in [0.25, 0.3) is 0 Å². The van der Waals surface area contributed by atoms with Crippen LogP contribution in [0.15, 0.2) is 24.7 Å². The highest BCUT2D eigenvalue weighted by molar-refractivity contribution is 5.37. The molecule has 4 heterocycles. The molecular formula is C18H22N4O3. The molecule has 0 aliphatic carbocycles. The van der Waals surface area contributed by atoms with Crippen molar-refractivity contribution in [1.29, 1.82) is 0 Å². The van der Waals surface area contributed by atoms with Crippen molar-refractivity contribution in [3.63, 3.8) is 0 Å². The highest BCUT2D eigenvalue weighted by Crippen LogP contribution is 2.32. The van der Waals surface area contributed by atoms with Crippen molar-refractivity contribution in [3.8, 4) is 17.5 Å². The Morgan fingerprint density at radius 2 is 1.84 bits per heavy atom. The Labute approximate surface area is 146 Å². The Balaban J connectivity index is 1.56. The maximum Gasteiger partial charge on any atom is 0.229 e. The predicted octanol–water partition coefficient (Wildman–Crippen LogP) is 1.89. The van der Waals surface area contributed by atoms with Crippen molar-refractivity contribution in [3.05, 3.63) is 35.9 Å². The van der Waals surface area contributed by atoms with Gasteiger partial charge >= 0.3 is 0 Å². The monoisotopic (exact) mass is 342 g/mol. The smallest absolute Gasteiger partial charge is 0.229 e. The first-order valence-corrected chi connectivity index (χ1v) is 8.58. The number of rotatable bonds is 4.